The van der Waals surface area contributed by atoms with E-state index in [-0.39, 0.29) is 16.7 Å². The van der Waals surface area contributed by atoms with Crippen molar-refractivity contribution in [1.82, 2.24) is 5.32 Å². The fourth-order valence-corrected chi connectivity index (χ4v) is 3.05. The van der Waals surface area contributed by atoms with Crippen molar-refractivity contribution in [1.29, 1.82) is 0 Å². The highest BCUT2D eigenvalue weighted by Crippen LogP contribution is 2.66. The van der Waals surface area contributed by atoms with Gasteiger partial charge in [0.15, 0.2) is 0 Å². The summed E-state index contributed by atoms with van der Waals surface area (Å²) < 4.78 is 0. The van der Waals surface area contributed by atoms with E-state index in [1.807, 2.05) is 7.05 Å². The normalized spacial score (nSPS) is 46.5. The molecule has 3 rings (SSSR count). The summed E-state index contributed by atoms with van der Waals surface area (Å²) in [5, 5.41) is 12.8. The minimum atomic E-state index is -0.491. The minimum absolute atomic E-state index is 0.112. The molecule has 0 aromatic heterocycles. The lowest BCUT2D eigenvalue weighted by Crippen LogP contribution is -2.84. The van der Waals surface area contributed by atoms with Crippen LogP contribution in [-0.2, 0) is 4.79 Å². The van der Waals surface area contributed by atoms with Gasteiger partial charge in [0.05, 0.1) is 5.60 Å². The molecule has 1 unspecified atom stereocenters. The molecule has 0 saturated heterocycles. The highest BCUT2D eigenvalue weighted by atomic mass is 35.5. The highest BCUT2D eigenvalue weighted by Gasteiger charge is 2.74. The van der Waals surface area contributed by atoms with Gasteiger partial charge in [0.2, 0.25) is 5.24 Å². The van der Waals surface area contributed by atoms with E-state index >= 15 is 0 Å². The van der Waals surface area contributed by atoms with Crippen LogP contribution in [0.4, 0.5) is 0 Å². The Bertz CT molecular complexity index is 248. The van der Waals surface area contributed by atoms with Crippen molar-refractivity contribution in [2.75, 3.05) is 7.05 Å². The number of aliphatic hydroxyl groups is 1. The van der Waals surface area contributed by atoms with Crippen LogP contribution >= 0.6 is 11.6 Å². The van der Waals surface area contributed by atoms with Crippen LogP contribution in [0.2, 0.25) is 0 Å². The molecule has 0 aromatic rings. The predicted octanol–water partition coefficient (Wildman–Crippen LogP) is 0.645. The Labute approximate surface area is 82.5 Å². The Balaban J connectivity index is 1.90. The Morgan fingerprint density at radius 3 is 2.69 bits per heavy atom. The number of rotatable bonds is 4. The van der Waals surface area contributed by atoms with Crippen molar-refractivity contribution in [3.8, 4) is 0 Å². The molecule has 13 heavy (non-hydrogen) atoms. The number of carbonyl (C=O) groups excluding carboxylic acids is 1. The summed E-state index contributed by atoms with van der Waals surface area (Å²) in [4.78, 5) is 10.6. The van der Waals surface area contributed by atoms with Gasteiger partial charge in [0, 0.05) is 17.9 Å². The summed E-state index contributed by atoms with van der Waals surface area (Å²) in [6, 6.07) is 0. The average Bonchev–Trinajstić information content (AvgIpc) is 1.98. The summed E-state index contributed by atoms with van der Waals surface area (Å²) in [6.07, 6.45) is 2.74. The Hall–Kier alpha value is -0.120. The first-order valence-corrected chi connectivity index (χ1v) is 5.00. The fourth-order valence-electron chi connectivity index (χ4n) is 2.94. The van der Waals surface area contributed by atoms with E-state index in [2.05, 4.69) is 5.32 Å². The Morgan fingerprint density at radius 1 is 1.69 bits per heavy atom. The van der Waals surface area contributed by atoms with Crippen LogP contribution in [0.5, 0.6) is 0 Å². The van der Waals surface area contributed by atoms with E-state index < -0.39 is 5.60 Å². The van der Waals surface area contributed by atoms with E-state index in [1.165, 1.54) is 0 Å². The quantitative estimate of drug-likeness (QED) is 0.660. The molecule has 3 nitrogen and oxygen atoms in total. The molecular formula is C9H14ClNO2. The molecule has 0 heterocycles. The molecule has 0 aromatic carbocycles. The number of hydrogen-bond donors (Lipinski definition) is 2. The first-order chi connectivity index (χ1) is 6.02. The molecule has 1 atom stereocenters. The molecule has 3 aliphatic carbocycles. The fraction of sp³-hybridized carbons (Fsp3) is 0.889. The monoisotopic (exact) mass is 203 g/mol. The van der Waals surface area contributed by atoms with E-state index in [9.17, 15) is 9.90 Å². The van der Waals surface area contributed by atoms with Crippen LogP contribution in [0.3, 0.4) is 0 Å². The number of halogens is 1. The largest absolute Gasteiger partial charge is 0.389 e. The summed E-state index contributed by atoms with van der Waals surface area (Å²) >= 11 is 5.26. The number of carbonyl (C=O) groups is 1. The van der Waals surface area contributed by atoms with Crippen LogP contribution in [-0.4, -0.2) is 28.5 Å². The summed E-state index contributed by atoms with van der Waals surface area (Å²) in [6.45, 7) is 0. The molecule has 0 spiro atoms. The summed E-state index contributed by atoms with van der Waals surface area (Å²) in [7, 11) is 1.91. The van der Waals surface area contributed by atoms with Gasteiger partial charge in [-0.25, -0.2) is 0 Å². The molecular weight excluding hydrogens is 190 g/mol. The van der Waals surface area contributed by atoms with Gasteiger partial charge >= 0.3 is 0 Å². The van der Waals surface area contributed by atoms with Gasteiger partial charge in [-0.2, -0.15) is 0 Å². The van der Waals surface area contributed by atoms with Crippen LogP contribution in [0.25, 0.3) is 0 Å². The average molecular weight is 204 g/mol. The molecule has 3 aliphatic rings. The second kappa shape index (κ2) is 2.69. The number of nitrogens with one attached hydrogen (secondary N) is 1. The van der Waals surface area contributed by atoms with Crippen LogP contribution in [0.15, 0.2) is 0 Å². The molecule has 0 aliphatic heterocycles. The van der Waals surface area contributed by atoms with Gasteiger partial charge < -0.3 is 10.4 Å². The van der Waals surface area contributed by atoms with Crippen molar-refractivity contribution in [2.45, 2.75) is 36.8 Å². The van der Waals surface area contributed by atoms with Gasteiger partial charge in [-0.05, 0) is 37.9 Å². The third-order valence-electron chi connectivity index (χ3n) is 3.69. The lowest BCUT2D eigenvalue weighted by Gasteiger charge is -2.74. The Kier molecular flexibility index (Phi) is 1.95. The first-order valence-electron chi connectivity index (χ1n) is 4.62. The standard InChI is InChI=1S/C9H14ClNO2/c1-11-8-4-9(13,5-8)6(8)2-3-7(10)12/h6,11,13H,2-5H2,1H3. The molecule has 3 saturated carbocycles. The van der Waals surface area contributed by atoms with Gasteiger partial charge in [0.25, 0.3) is 0 Å². The SMILES string of the molecule is CNC12CC(O)(C1)C2CCC(=O)Cl. The Morgan fingerprint density at radius 2 is 2.31 bits per heavy atom. The summed E-state index contributed by atoms with van der Waals surface area (Å²) in [5.74, 6) is 0.229. The maximum atomic E-state index is 10.6. The maximum Gasteiger partial charge on any atom is 0.221 e. The van der Waals surface area contributed by atoms with E-state index in [0.29, 0.717) is 12.8 Å². The molecule has 0 radical (unpaired) electrons. The van der Waals surface area contributed by atoms with Crippen molar-refractivity contribution >= 4 is 16.8 Å². The zero-order valence-corrected chi connectivity index (χ0v) is 8.40. The molecule has 74 valence electrons. The highest BCUT2D eigenvalue weighted by molar-refractivity contribution is 6.63. The summed E-state index contributed by atoms with van der Waals surface area (Å²) in [5.41, 5.74) is -0.379. The second-order valence-corrected chi connectivity index (χ2v) is 4.73. The van der Waals surface area contributed by atoms with E-state index in [0.717, 1.165) is 12.8 Å². The van der Waals surface area contributed by atoms with Crippen molar-refractivity contribution < 1.29 is 9.90 Å². The topological polar surface area (TPSA) is 49.3 Å². The van der Waals surface area contributed by atoms with Crippen LogP contribution in [0, 0.1) is 5.92 Å². The maximum absolute atomic E-state index is 10.6. The van der Waals surface area contributed by atoms with Crippen molar-refractivity contribution in [3.05, 3.63) is 0 Å². The van der Waals surface area contributed by atoms with E-state index in [1.54, 1.807) is 0 Å². The van der Waals surface area contributed by atoms with Crippen LogP contribution in [0.1, 0.15) is 25.7 Å². The smallest absolute Gasteiger partial charge is 0.221 e. The lowest BCUT2D eigenvalue weighted by atomic mass is 9.38. The zero-order valence-electron chi connectivity index (χ0n) is 7.64. The van der Waals surface area contributed by atoms with Gasteiger partial charge in [-0.15, -0.1) is 0 Å². The number of hydrogen-bond acceptors (Lipinski definition) is 3. The predicted molar refractivity (Wildman–Crippen MR) is 49.6 cm³/mol. The lowest BCUT2D eigenvalue weighted by molar-refractivity contribution is -0.281. The minimum Gasteiger partial charge on any atom is -0.389 e. The van der Waals surface area contributed by atoms with Crippen molar-refractivity contribution in [2.24, 2.45) is 5.92 Å². The molecule has 0 amide bonds. The van der Waals surface area contributed by atoms with E-state index in [4.69, 9.17) is 11.6 Å². The van der Waals surface area contributed by atoms with Crippen LogP contribution < -0.4 is 5.32 Å². The van der Waals surface area contributed by atoms with Crippen molar-refractivity contribution in [3.63, 3.8) is 0 Å². The van der Waals surface area contributed by atoms with Gasteiger partial charge in [0.1, 0.15) is 0 Å². The first kappa shape index (κ1) is 9.44. The van der Waals surface area contributed by atoms with Gasteiger partial charge in [-0.3, -0.25) is 4.79 Å². The molecule has 3 fully saturated rings. The molecule has 2 N–H and O–H groups in total. The van der Waals surface area contributed by atoms with Gasteiger partial charge in [-0.1, -0.05) is 0 Å². The molecule has 2 bridgehead atoms. The second-order valence-electron chi connectivity index (χ2n) is 4.31. The third-order valence-corrected chi connectivity index (χ3v) is 3.88. The zero-order chi connectivity index (χ0) is 9.69. The third kappa shape index (κ3) is 1.14. The molecule has 4 heteroatoms.